The molecule has 0 aliphatic heterocycles. The van der Waals surface area contributed by atoms with Gasteiger partial charge in [-0.15, -0.1) is 0 Å². The summed E-state index contributed by atoms with van der Waals surface area (Å²) in [7, 11) is 0. The molecule has 1 rings (SSSR count). The molecular formula is C11H16N2O2. The van der Waals surface area contributed by atoms with Crippen LogP contribution in [0, 0.1) is 0 Å². The number of aromatic hydroxyl groups is 1. The zero-order chi connectivity index (χ0) is 11.3. The smallest absolute Gasteiger partial charge is 0.224 e. The zero-order valence-electron chi connectivity index (χ0n) is 8.73. The first-order chi connectivity index (χ1) is 7.09. The number of carbonyl (C=O) groups is 1. The number of hydrogen-bond acceptors (Lipinski definition) is 3. The standard InChI is InChI=1S/C11H16N2O2/c1-8(12)6-7-11(15)13-9-4-2-3-5-10(9)14/h2-5,8,14H,6-7,12H2,1H3,(H,13,15). The molecule has 82 valence electrons. The van der Waals surface area contributed by atoms with Crippen molar-refractivity contribution in [1.29, 1.82) is 0 Å². The Hall–Kier alpha value is -1.55. The highest BCUT2D eigenvalue weighted by molar-refractivity contribution is 5.92. The molecule has 0 aliphatic carbocycles. The third-order valence-electron chi connectivity index (χ3n) is 2.00. The number of nitrogens with two attached hydrogens (primary N) is 1. The Morgan fingerprint density at radius 3 is 2.80 bits per heavy atom. The fraction of sp³-hybridized carbons (Fsp3) is 0.364. The van der Waals surface area contributed by atoms with Gasteiger partial charge in [0.25, 0.3) is 0 Å². The van der Waals surface area contributed by atoms with Crippen LogP contribution in [0.3, 0.4) is 0 Å². The van der Waals surface area contributed by atoms with E-state index in [-0.39, 0.29) is 17.7 Å². The van der Waals surface area contributed by atoms with E-state index in [0.717, 1.165) is 0 Å². The second kappa shape index (κ2) is 5.36. The molecule has 0 radical (unpaired) electrons. The van der Waals surface area contributed by atoms with Gasteiger partial charge in [-0.05, 0) is 25.5 Å². The Morgan fingerprint density at radius 2 is 2.20 bits per heavy atom. The first-order valence-electron chi connectivity index (χ1n) is 4.93. The van der Waals surface area contributed by atoms with Crippen LogP contribution >= 0.6 is 0 Å². The summed E-state index contributed by atoms with van der Waals surface area (Å²) in [5.41, 5.74) is 5.97. The van der Waals surface area contributed by atoms with Crippen LogP contribution in [-0.2, 0) is 4.79 Å². The number of benzene rings is 1. The topological polar surface area (TPSA) is 75.4 Å². The molecule has 1 amide bonds. The summed E-state index contributed by atoms with van der Waals surface area (Å²) < 4.78 is 0. The lowest BCUT2D eigenvalue weighted by Crippen LogP contribution is -2.19. The van der Waals surface area contributed by atoms with Crippen molar-refractivity contribution in [2.24, 2.45) is 5.73 Å². The van der Waals surface area contributed by atoms with E-state index in [4.69, 9.17) is 5.73 Å². The number of carbonyl (C=O) groups excluding carboxylic acids is 1. The van der Waals surface area contributed by atoms with E-state index in [0.29, 0.717) is 18.5 Å². The number of rotatable bonds is 4. The summed E-state index contributed by atoms with van der Waals surface area (Å²) in [6, 6.07) is 6.65. The van der Waals surface area contributed by atoms with Crippen molar-refractivity contribution < 1.29 is 9.90 Å². The van der Waals surface area contributed by atoms with Crippen molar-refractivity contribution >= 4 is 11.6 Å². The summed E-state index contributed by atoms with van der Waals surface area (Å²) in [5, 5.41) is 12.0. The Balaban J connectivity index is 2.48. The summed E-state index contributed by atoms with van der Waals surface area (Å²) in [5.74, 6) is -0.0551. The van der Waals surface area contributed by atoms with E-state index in [2.05, 4.69) is 5.32 Å². The van der Waals surface area contributed by atoms with Gasteiger partial charge in [-0.1, -0.05) is 12.1 Å². The predicted molar refractivity (Wildman–Crippen MR) is 59.6 cm³/mol. The molecule has 1 unspecified atom stereocenters. The molecule has 1 aromatic rings. The lowest BCUT2D eigenvalue weighted by Gasteiger charge is -2.07. The van der Waals surface area contributed by atoms with Gasteiger partial charge in [0.1, 0.15) is 5.75 Å². The van der Waals surface area contributed by atoms with Gasteiger partial charge >= 0.3 is 0 Å². The monoisotopic (exact) mass is 208 g/mol. The van der Waals surface area contributed by atoms with Gasteiger partial charge in [-0.25, -0.2) is 0 Å². The van der Waals surface area contributed by atoms with Crippen LogP contribution in [-0.4, -0.2) is 17.1 Å². The summed E-state index contributed by atoms with van der Waals surface area (Å²) in [4.78, 5) is 11.4. The van der Waals surface area contributed by atoms with E-state index in [1.807, 2.05) is 6.92 Å². The Kier molecular flexibility index (Phi) is 4.12. The van der Waals surface area contributed by atoms with Gasteiger partial charge in [0.2, 0.25) is 5.91 Å². The van der Waals surface area contributed by atoms with Crippen molar-refractivity contribution in [1.82, 2.24) is 0 Å². The van der Waals surface area contributed by atoms with Crippen molar-refractivity contribution in [3.05, 3.63) is 24.3 Å². The fourth-order valence-corrected chi connectivity index (χ4v) is 1.15. The Labute approximate surface area is 89.1 Å². The Morgan fingerprint density at radius 1 is 1.53 bits per heavy atom. The van der Waals surface area contributed by atoms with Crippen molar-refractivity contribution in [2.45, 2.75) is 25.8 Å². The molecule has 15 heavy (non-hydrogen) atoms. The summed E-state index contributed by atoms with van der Waals surface area (Å²) in [6.07, 6.45) is 1.01. The molecular weight excluding hydrogens is 192 g/mol. The highest BCUT2D eigenvalue weighted by Gasteiger charge is 2.06. The molecule has 0 aromatic heterocycles. The van der Waals surface area contributed by atoms with Crippen LogP contribution < -0.4 is 11.1 Å². The quantitative estimate of drug-likeness (QED) is 0.656. The molecule has 4 heteroatoms. The highest BCUT2D eigenvalue weighted by atomic mass is 16.3. The predicted octanol–water partition coefficient (Wildman–Crippen LogP) is 1.46. The van der Waals surface area contributed by atoms with Crippen LogP contribution in [0.25, 0.3) is 0 Å². The number of nitrogens with one attached hydrogen (secondary N) is 1. The second-order valence-corrected chi connectivity index (χ2v) is 3.58. The van der Waals surface area contributed by atoms with E-state index < -0.39 is 0 Å². The van der Waals surface area contributed by atoms with E-state index in [9.17, 15) is 9.90 Å². The van der Waals surface area contributed by atoms with Crippen molar-refractivity contribution in [2.75, 3.05) is 5.32 Å². The van der Waals surface area contributed by atoms with Gasteiger partial charge < -0.3 is 16.2 Å². The molecule has 1 atom stereocenters. The van der Waals surface area contributed by atoms with Crippen LogP contribution in [0.15, 0.2) is 24.3 Å². The maximum Gasteiger partial charge on any atom is 0.224 e. The number of para-hydroxylation sites is 2. The first kappa shape index (κ1) is 11.5. The normalized spacial score (nSPS) is 12.1. The van der Waals surface area contributed by atoms with Gasteiger partial charge in [-0.2, -0.15) is 0 Å². The first-order valence-corrected chi connectivity index (χ1v) is 4.93. The minimum absolute atomic E-state index is 0.0140. The number of anilines is 1. The minimum atomic E-state index is -0.131. The Bertz CT molecular complexity index is 337. The van der Waals surface area contributed by atoms with Crippen LogP contribution in [0.2, 0.25) is 0 Å². The number of phenolic OH excluding ortho intramolecular Hbond substituents is 1. The zero-order valence-corrected chi connectivity index (χ0v) is 8.73. The summed E-state index contributed by atoms with van der Waals surface area (Å²) in [6.45, 7) is 1.85. The molecule has 1 aromatic carbocycles. The average molecular weight is 208 g/mol. The molecule has 0 saturated carbocycles. The molecule has 4 N–H and O–H groups in total. The minimum Gasteiger partial charge on any atom is -0.506 e. The van der Waals surface area contributed by atoms with Gasteiger partial charge in [0, 0.05) is 12.5 Å². The van der Waals surface area contributed by atoms with E-state index in [1.54, 1.807) is 18.2 Å². The van der Waals surface area contributed by atoms with Crippen molar-refractivity contribution in [3.63, 3.8) is 0 Å². The molecule has 0 saturated heterocycles. The van der Waals surface area contributed by atoms with Gasteiger partial charge in [0.05, 0.1) is 5.69 Å². The van der Waals surface area contributed by atoms with Crippen LogP contribution in [0.1, 0.15) is 19.8 Å². The van der Waals surface area contributed by atoms with Crippen molar-refractivity contribution in [3.8, 4) is 5.75 Å². The van der Waals surface area contributed by atoms with Gasteiger partial charge in [-0.3, -0.25) is 4.79 Å². The molecule has 0 spiro atoms. The third kappa shape index (κ3) is 3.99. The number of amides is 1. The molecule has 4 nitrogen and oxygen atoms in total. The molecule has 0 aliphatic rings. The van der Waals surface area contributed by atoms with Crippen LogP contribution in [0.5, 0.6) is 5.75 Å². The number of hydrogen-bond donors (Lipinski definition) is 3. The van der Waals surface area contributed by atoms with E-state index >= 15 is 0 Å². The second-order valence-electron chi connectivity index (χ2n) is 3.58. The lowest BCUT2D eigenvalue weighted by atomic mass is 10.2. The third-order valence-corrected chi connectivity index (χ3v) is 2.00. The van der Waals surface area contributed by atoms with E-state index in [1.165, 1.54) is 6.07 Å². The molecule has 0 bridgehead atoms. The molecule has 0 heterocycles. The number of phenols is 1. The highest BCUT2D eigenvalue weighted by Crippen LogP contribution is 2.21. The maximum atomic E-state index is 11.4. The fourth-order valence-electron chi connectivity index (χ4n) is 1.15. The largest absolute Gasteiger partial charge is 0.506 e. The van der Waals surface area contributed by atoms with Crippen LogP contribution in [0.4, 0.5) is 5.69 Å². The molecule has 0 fully saturated rings. The lowest BCUT2D eigenvalue weighted by molar-refractivity contribution is -0.116. The average Bonchev–Trinajstić information content (AvgIpc) is 2.18. The summed E-state index contributed by atoms with van der Waals surface area (Å²) >= 11 is 0. The van der Waals surface area contributed by atoms with Gasteiger partial charge in [0.15, 0.2) is 0 Å². The SMILES string of the molecule is CC(N)CCC(=O)Nc1ccccc1O. The maximum absolute atomic E-state index is 11.4.